The Bertz CT molecular complexity index is 978. The lowest BCUT2D eigenvalue weighted by Gasteiger charge is -2.18. The van der Waals surface area contributed by atoms with Crippen molar-refractivity contribution in [2.45, 2.75) is 25.7 Å². The molecule has 0 spiro atoms. The Balaban J connectivity index is 1.55. The number of halogens is 3. The van der Waals surface area contributed by atoms with E-state index in [-0.39, 0.29) is 24.9 Å². The van der Waals surface area contributed by atoms with Crippen molar-refractivity contribution in [3.8, 4) is 11.5 Å². The smallest absolute Gasteiger partial charge is 0.419 e. The van der Waals surface area contributed by atoms with Gasteiger partial charge in [-0.3, -0.25) is 4.79 Å². The lowest BCUT2D eigenvalue weighted by atomic mass is 10.2. The number of carbonyl (C=O) groups is 1. The molecule has 1 amide bonds. The molecule has 1 heterocycles. The number of hydrogen-bond acceptors (Lipinski definition) is 5. The quantitative estimate of drug-likeness (QED) is 0.544. The van der Waals surface area contributed by atoms with Crippen LogP contribution < -0.4 is 14.8 Å². The first-order valence-electron chi connectivity index (χ1n) is 9.03. The molecule has 1 atom stereocenters. The first-order valence-corrected chi connectivity index (χ1v) is 9.97. The van der Waals surface area contributed by atoms with Crippen molar-refractivity contribution in [2.24, 2.45) is 0 Å². The highest BCUT2D eigenvalue weighted by Gasteiger charge is 2.34. The molecule has 1 unspecified atom stereocenters. The summed E-state index contributed by atoms with van der Waals surface area (Å²) in [5, 5.41) is 4.58. The minimum atomic E-state index is -4.51. The van der Waals surface area contributed by atoms with Crippen LogP contribution in [0.2, 0.25) is 0 Å². The topological polar surface area (TPSA) is 60.5 Å². The molecule has 3 aromatic rings. The Hall–Kier alpha value is -3.07. The molecular weight excluding hydrogens is 417 g/mol. The Kier molecular flexibility index (Phi) is 6.94. The van der Waals surface area contributed by atoms with E-state index in [4.69, 9.17) is 9.47 Å². The van der Waals surface area contributed by atoms with E-state index in [0.29, 0.717) is 11.3 Å². The van der Waals surface area contributed by atoms with E-state index in [2.05, 4.69) is 10.3 Å². The maximum Gasteiger partial charge on any atom is 0.419 e. The highest BCUT2D eigenvalue weighted by Crippen LogP contribution is 2.35. The van der Waals surface area contributed by atoms with Gasteiger partial charge in [0.15, 0.2) is 0 Å². The highest BCUT2D eigenvalue weighted by atomic mass is 32.1. The zero-order valence-electron chi connectivity index (χ0n) is 16.0. The molecule has 0 radical (unpaired) electrons. The van der Waals surface area contributed by atoms with Gasteiger partial charge in [0.1, 0.15) is 24.7 Å². The molecule has 0 saturated carbocycles. The maximum atomic E-state index is 13.0. The lowest BCUT2D eigenvalue weighted by Crippen LogP contribution is -2.37. The number of nitrogens with zero attached hydrogens (tertiary/aromatic N) is 1. The van der Waals surface area contributed by atoms with Crippen LogP contribution in [0.15, 0.2) is 59.4 Å². The van der Waals surface area contributed by atoms with Crippen molar-refractivity contribution < 1.29 is 27.4 Å². The van der Waals surface area contributed by atoms with Gasteiger partial charge in [0.05, 0.1) is 22.8 Å². The van der Waals surface area contributed by atoms with Crippen molar-refractivity contribution in [3.05, 3.63) is 76.2 Å². The van der Waals surface area contributed by atoms with E-state index in [1.807, 2.05) is 5.38 Å². The number of benzene rings is 2. The largest absolute Gasteiger partial charge is 0.491 e. The molecule has 0 bridgehead atoms. The normalized spacial score (nSPS) is 12.3. The van der Waals surface area contributed by atoms with Crippen LogP contribution in [-0.2, 0) is 12.8 Å². The molecule has 0 saturated heterocycles. The van der Waals surface area contributed by atoms with Crippen LogP contribution in [0.25, 0.3) is 0 Å². The van der Waals surface area contributed by atoms with Crippen molar-refractivity contribution in [1.29, 1.82) is 0 Å². The van der Waals surface area contributed by atoms with Crippen LogP contribution in [-0.4, -0.2) is 23.5 Å². The van der Waals surface area contributed by atoms with E-state index in [1.54, 1.807) is 36.7 Å². The lowest BCUT2D eigenvalue weighted by molar-refractivity contribution is -0.139. The van der Waals surface area contributed by atoms with Gasteiger partial charge in [-0.05, 0) is 37.3 Å². The number of amides is 1. The zero-order valence-corrected chi connectivity index (χ0v) is 16.8. The first-order chi connectivity index (χ1) is 14.3. The van der Waals surface area contributed by atoms with Crippen molar-refractivity contribution in [2.75, 3.05) is 6.61 Å². The number of nitrogens with one attached hydrogen (secondary N) is 1. The monoisotopic (exact) mass is 436 g/mol. The van der Waals surface area contributed by atoms with E-state index in [1.165, 1.54) is 29.5 Å². The second-order valence-corrected chi connectivity index (χ2v) is 7.19. The molecule has 1 aromatic heterocycles. The Labute approximate surface area is 175 Å². The van der Waals surface area contributed by atoms with Gasteiger partial charge >= 0.3 is 6.18 Å². The fraction of sp³-hybridized carbons (Fsp3) is 0.238. The van der Waals surface area contributed by atoms with Gasteiger partial charge in [0, 0.05) is 10.9 Å². The Morgan fingerprint density at radius 1 is 1.17 bits per heavy atom. The van der Waals surface area contributed by atoms with Gasteiger partial charge in [-0.15, -0.1) is 11.3 Å². The van der Waals surface area contributed by atoms with Gasteiger partial charge < -0.3 is 14.8 Å². The molecule has 30 heavy (non-hydrogen) atoms. The number of alkyl halides is 3. The number of carbonyl (C=O) groups excluding carboxylic acids is 1. The molecule has 5 nitrogen and oxygen atoms in total. The fourth-order valence-corrected chi connectivity index (χ4v) is 3.13. The summed E-state index contributed by atoms with van der Waals surface area (Å²) < 4.78 is 50.0. The van der Waals surface area contributed by atoms with E-state index >= 15 is 0 Å². The maximum absolute atomic E-state index is 13.0. The summed E-state index contributed by atoms with van der Waals surface area (Å²) in [6.07, 6.45) is -4.51. The number of aromatic nitrogens is 1. The molecule has 3 rings (SSSR count). The van der Waals surface area contributed by atoms with Crippen LogP contribution >= 0.6 is 11.3 Å². The Morgan fingerprint density at radius 3 is 2.70 bits per heavy atom. The third kappa shape index (κ3) is 5.96. The first kappa shape index (κ1) is 21.6. The van der Waals surface area contributed by atoms with Gasteiger partial charge in [-0.25, -0.2) is 4.98 Å². The average molecular weight is 436 g/mol. The van der Waals surface area contributed by atoms with Crippen LogP contribution in [0, 0.1) is 0 Å². The zero-order chi connectivity index (χ0) is 21.6. The van der Waals surface area contributed by atoms with Crippen LogP contribution in [0.5, 0.6) is 11.5 Å². The van der Waals surface area contributed by atoms with Crippen molar-refractivity contribution in [1.82, 2.24) is 10.3 Å². The minimum absolute atomic E-state index is 0.112. The summed E-state index contributed by atoms with van der Waals surface area (Å²) >= 11 is 1.47. The second kappa shape index (κ2) is 9.62. The number of rotatable bonds is 8. The molecular formula is C21H19F3N2O3S. The summed E-state index contributed by atoms with van der Waals surface area (Å²) in [7, 11) is 0. The van der Waals surface area contributed by atoms with Crippen molar-refractivity contribution in [3.63, 3.8) is 0 Å². The van der Waals surface area contributed by atoms with E-state index in [9.17, 15) is 18.0 Å². The molecule has 0 aliphatic heterocycles. The molecule has 2 aromatic carbocycles. The van der Waals surface area contributed by atoms with Crippen molar-refractivity contribution >= 4 is 17.2 Å². The van der Waals surface area contributed by atoms with Gasteiger partial charge in [-0.1, -0.05) is 18.2 Å². The highest BCUT2D eigenvalue weighted by molar-refractivity contribution is 7.07. The van der Waals surface area contributed by atoms with Crippen LogP contribution in [0.3, 0.4) is 0 Å². The average Bonchev–Trinajstić information content (AvgIpc) is 3.24. The summed E-state index contributed by atoms with van der Waals surface area (Å²) in [6.45, 7) is 1.83. The molecule has 158 valence electrons. The molecule has 0 fully saturated rings. The summed E-state index contributed by atoms with van der Waals surface area (Å²) in [5.41, 5.74) is 2.01. The second-order valence-electron chi connectivity index (χ2n) is 6.48. The number of hydrogen-bond donors (Lipinski definition) is 1. The third-order valence-corrected chi connectivity index (χ3v) is 4.66. The minimum Gasteiger partial charge on any atom is -0.491 e. The van der Waals surface area contributed by atoms with Gasteiger partial charge in [0.2, 0.25) is 0 Å². The van der Waals surface area contributed by atoms with Gasteiger partial charge in [-0.2, -0.15) is 13.2 Å². The predicted molar refractivity (Wildman–Crippen MR) is 107 cm³/mol. The predicted octanol–water partition coefficient (Wildman–Crippen LogP) is 4.94. The Morgan fingerprint density at radius 2 is 1.97 bits per heavy atom. The van der Waals surface area contributed by atoms with E-state index < -0.39 is 17.8 Å². The SMILES string of the molecule is CC(COc1ccccc1C(F)(F)F)NC(=O)c1cccc(OCc2cscn2)c1. The van der Waals surface area contributed by atoms with Crippen LogP contribution in [0.4, 0.5) is 13.2 Å². The fourth-order valence-electron chi connectivity index (χ4n) is 2.58. The number of thiazole rings is 1. The summed E-state index contributed by atoms with van der Waals surface area (Å²) in [6, 6.07) is 11.1. The third-order valence-electron chi connectivity index (χ3n) is 4.03. The van der Waals surface area contributed by atoms with Gasteiger partial charge in [0.25, 0.3) is 5.91 Å². The molecule has 9 heteroatoms. The van der Waals surface area contributed by atoms with Crippen LogP contribution in [0.1, 0.15) is 28.5 Å². The number of ether oxygens (including phenoxy) is 2. The summed E-state index contributed by atoms with van der Waals surface area (Å²) in [4.78, 5) is 16.6. The van der Waals surface area contributed by atoms with E-state index in [0.717, 1.165) is 11.8 Å². The number of para-hydroxylation sites is 1. The standard InChI is InChI=1S/C21H19F3N2O3S/c1-14(10-29-19-8-3-2-7-18(19)21(22,23)24)26-20(27)15-5-4-6-17(9-15)28-11-16-12-30-13-25-16/h2-9,12-14H,10-11H2,1H3,(H,26,27). The summed E-state index contributed by atoms with van der Waals surface area (Å²) in [5.74, 6) is -0.142. The molecule has 1 N–H and O–H groups in total. The molecule has 0 aliphatic carbocycles. The molecule has 0 aliphatic rings.